The third kappa shape index (κ3) is 4.37. The highest BCUT2D eigenvalue weighted by atomic mass is 32.2. The quantitative estimate of drug-likeness (QED) is 0.800. The van der Waals surface area contributed by atoms with E-state index in [1.165, 1.54) is 28.3 Å². The van der Waals surface area contributed by atoms with Gasteiger partial charge >= 0.3 is 0 Å². The van der Waals surface area contributed by atoms with E-state index in [1.54, 1.807) is 16.4 Å². The molecule has 1 aromatic carbocycles. The van der Waals surface area contributed by atoms with Gasteiger partial charge in [-0.2, -0.15) is 4.31 Å². The van der Waals surface area contributed by atoms with E-state index in [-0.39, 0.29) is 10.8 Å². The average molecular weight is 435 g/mol. The third-order valence-corrected chi connectivity index (χ3v) is 8.39. The Hall–Kier alpha value is -1.81. The molecule has 0 spiro atoms. The number of anilines is 1. The first kappa shape index (κ1) is 20.5. The second-order valence-corrected chi connectivity index (χ2v) is 11.0. The van der Waals surface area contributed by atoms with E-state index in [9.17, 15) is 13.2 Å². The fraction of sp³-hybridized carbons (Fsp3) is 0.500. The third-order valence-electron chi connectivity index (χ3n) is 5.52. The number of nitrogens with one attached hydrogen (secondary N) is 1. The van der Waals surface area contributed by atoms with Crippen LogP contribution < -0.4 is 5.32 Å². The SMILES string of the molecule is C[C@H]1CCCN(S(=O)(=O)c2ccc(C(=O)Nc3nc4c(s3)CN(C)CC4)cc2)C1. The lowest BCUT2D eigenvalue weighted by Gasteiger charge is -2.30. The molecule has 0 bridgehead atoms. The lowest BCUT2D eigenvalue weighted by molar-refractivity contribution is 0.102. The molecule has 0 unspecified atom stereocenters. The molecule has 2 aliphatic heterocycles. The normalized spacial score (nSPS) is 21.0. The monoisotopic (exact) mass is 434 g/mol. The number of rotatable bonds is 4. The van der Waals surface area contributed by atoms with Crippen molar-refractivity contribution in [3.05, 3.63) is 40.4 Å². The molecule has 0 saturated carbocycles. The number of amides is 1. The van der Waals surface area contributed by atoms with Crippen molar-refractivity contribution in [1.82, 2.24) is 14.2 Å². The van der Waals surface area contributed by atoms with Crippen molar-refractivity contribution in [2.24, 2.45) is 5.92 Å². The Morgan fingerprint density at radius 2 is 2.00 bits per heavy atom. The molecule has 0 radical (unpaired) electrons. The fourth-order valence-corrected chi connectivity index (χ4v) is 6.52. The van der Waals surface area contributed by atoms with Crippen LogP contribution in [0.15, 0.2) is 29.2 Å². The number of hydrogen-bond donors (Lipinski definition) is 1. The highest BCUT2D eigenvalue weighted by Crippen LogP contribution is 2.28. The molecule has 7 nitrogen and oxygen atoms in total. The zero-order chi connectivity index (χ0) is 20.6. The van der Waals surface area contributed by atoms with Gasteiger partial charge in [0.1, 0.15) is 0 Å². The molecule has 2 aromatic rings. The summed E-state index contributed by atoms with van der Waals surface area (Å²) < 4.78 is 27.3. The minimum Gasteiger partial charge on any atom is -0.301 e. The Kier molecular flexibility index (Phi) is 5.74. The molecular weight excluding hydrogens is 408 g/mol. The van der Waals surface area contributed by atoms with Crippen molar-refractivity contribution in [1.29, 1.82) is 0 Å². The summed E-state index contributed by atoms with van der Waals surface area (Å²) in [5, 5.41) is 3.44. The maximum absolute atomic E-state index is 12.9. The summed E-state index contributed by atoms with van der Waals surface area (Å²) >= 11 is 1.50. The van der Waals surface area contributed by atoms with Crippen LogP contribution in [0.3, 0.4) is 0 Å². The second kappa shape index (κ2) is 8.14. The Balaban J connectivity index is 1.45. The standard InChI is InChI=1S/C20H26N4O3S2/c1-14-4-3-10-24(12-14)29(26,27)16-7-5-15(6-8-16)19(25)22-20-21-17-9-11-23(2)13-18(17)28-20/h5-8,14H,3-4,9-13H2,1-2H3,(H,21,22,25)/t14-/m0/s1. The summed E-state index contributed by atoms with van der Waals surface area (Å²) in [6.07, 6.45) is 2.83. The van der Waals surface area contributed by atoms with Gasteiger partial charge in [-0.15, -0.1) is 11.3 Å². The van der Waals surface area contributed by atoms with E-state index in [1.807, 2.05) is 0 Å². The average Bonchev–Trinajstić information content (AvgIpc) is 3.09. The van der Waals surface area contributed by atoms with Gasteiger partial charge < -0.3 is 4.90 Å². The molecular formula is C20H26N4O3S2. The van der Waals surface area contributed by atoms with Crippen molar-refractivity contribution in [3.63, 3.8) is 0 Å². The van der Waals surface area contributed by atoms with Crippen LogP contribution in [0, 0.1) is 5.92 Å². The predicted octanol–water partition coefficient (Wildman–Crippen LogP) is 2.80. The second-order valence-electron chi connectivity index (χ2n) is 7.97. The summed E-state index contributed by atoms with van der Waals surface area (Å²) in [7, 11) is -1.45. The number of nitrogens with zero attached hydrogens (tertiary/aromatic N) is 3. The molecule has 3 heterocycles. The maximum atomic E-state index is 12.9. The van der Waals surface area contributed by atoms with Crippen LogP contribution in [0.4, 0.5) is 5.13 Å². The van der Waals surface area contributed by atoms with E-state index >= 15 is 0 Å². The first-order valence-corrected chi connectivity index (χ1v) is 12.2. The number of fused-ring (bicyclic) bond motifs is 1. The van der Waals surface area contributed by atoms with Crippen LogP contribution in [0.2, 0.25) is 0 Å². The molecule has 1 amide bonds. The minimum absolute atomic E-state index is 0.232. The number of sulfonamides is 1. The van der Waals surface area contributed by atoms with Gasteiger partial charge in [0.15, 0.2) is 5.13 Å². The Labute approximate surface area is 175 Å². The molecule has 2 aliphatic rings. The number of benzene rings is 1. The van der Waals surface area contributed by atoms with Crippen LogP contribution >= 0.6 is 11.3 Å². The number of carbonyl (C=O) groups is 1. The first-order valence-electron chi connectivity index (χ1n) is 9.91. The van der Waals surface area contributed by atoms with Crippen LogP contribution in [-0.2, 0) is 23.0 Å². The molecule has 29 heavy (non-hydrogen) atoms. The van der Waals surface area contributed by atoms with Crippen molar-refractivity contribution in [2.75, 3.05) is 32.0 Å². The Morgan fingerprint density at radius 1 is 1.24 bits per heavy atom. The van der Waals surface area contributed by atoms with Gasteiger partial charge in [-0.1, -0.05) is 6.92 Å². The van der Waals surface area contributed by atoms with Crippen LogP contribution in [-0.4, -0.2) is 55.2 Å². The summed E-state index contributed by atoms with van der Waals surface area (Å²) in [5.41, 5.74) is 1.47. The molecule has 1 saturated heterocycles. The van der Waals surface area contributed by atoms with Crippen LogP contribution in [0.5, 0.6) is 0 Å². The van der Waals surface area contributed by atoms with Crippen LogP contribution in [0.1, 0.15) is 40.7 Å². The molecule has 156 valence electrons. The van der Waals surface area contributed by atoms with E-state index < -0.39 is 10.0 Å². The van der Waals surface area contributed by atoms with Gasteiger partial charge in [0.2, 0.25) is 10.0 Å². The first-order chi connectivity index (χ1) is 13.8. The lowest BCUT2D eigenvalue weighted by Crippen LogP contribution is -2.39. The van der Waals surface area contributed by atoms with Crippen molar-refractivity contribution in [2.45, 2.75) is 37.6 Å². The van der Waals surface area contributed by atoms with Crippen molar-refractivity contribution in [3.8, 4) is 0 Å². The summed E-state index contributed by atoms with van der Waals surface area (Å²) in [6, 6.07) is 6.17. The zero-order valence-corrected chi connectivity index (χ0v) is 18.4. The summed E-state index contributed by atoms with van der Waals surface area (Å²) in [6.45, 7) is 5.00. The minimum atomic E-state index is -3.52. The highest BCUT2D eigenvalue weighted by Gasteiger charge is 2.28. The van der Waals surface area contributed by atoms with E-state index in [4.69, 9.17) is 0 Å². The number of thiazole rings is 1. The van der Waals surface area contributed by atoms with Gasteiger partial charge in [0.25, 0.3) is 5.91 Å². The molecule has 1 N–H and O–H groups in total. The number of likely N-dealkylation sites (N-methyl/N-ethyl adjacent to an activating group) is 1. The molecule has 1 atom stereocenters. The molecule has 0 aliphatic carbocycles. The van der Waals surface area contributed by atoms with Gasteiger partial charge in [0.05, 0.1) is 10.6 Å². The van der Waals surface area contributed by atoms with Crippen molar-refractivity contribution >= 4 is 32.4 Å². The largest absolute Gasteiger partial charge is 0.301 e. The number of carbonyl (C=O) groups excluding carboxylic acids is 1. The van der Waals surface area contributed by atoms with Crippen LogP contribution in [0.25, 0.3) is 0 Å². The van der Waals surface area contributed by atoms with Gasteiger partial charge in [-0.05, 0) is 50.1 Å². The van der Waals surface area contributed by atoms with Crippen molar-refractivity contribution < 1.29 is 13.2 Å². The number of piperidine rings is 1. The zero-order valence-electron chi connectivity index (χ0n) is 16.7. The summed E-state index contributed by atoms with van der Waals surface area (Å²) in [4.78, 5) is 20.8. The Bertz CT molecular complexity index is 1000. The highest BCUT2D eigenvalue weighted by molar-refractivity contribution is 7.89. The topological polar surface area (TPSA) is 82.6 Å². The van der Waals surface area contributed by atoms with Gasteiger partial charge in [0, 0.05) is 43.0 Å². The maximum Gasteiger partial charge on any atom is 0.257 e. The van der Waals surface area contributed by atoms with E-state index in [0.29, 0.717) is 29.7 Å². The molecule has 1 fully saturated rings. The molecule has 1 aromatic heterocycles. The Morgan fingerprint density at radius 3 is 2.72 bits per heavy atom. The molecule has 4 rings (SSSR count). The number of hydrogen-bond acceptors (Lipinski definition) is 6. The van der Waals surface area contributed by atoms with E-state index in [0.717, 1.165) is 38.0 Å². The molecule has 9 heteroatoms. The fourth-order valence-electron chi connectivity index (χ4n) is 3.84. The van der Waals surface area contributed by atoms with Gasteiger partial charge in [-0.25, -0.2) is 13.4 Å². The van der Waals surface area contributed by atoms with Gasteiger partial charge in [-0.3, -0.25) is 10.1 Å². The predicted molar refractivity (Wildman–Crippen MR) is 114 cm³/mol. The summed E-state index contributed by atoms with van der Waals surface area (Å²) in [5.74, 6) is 0.0903. The number of aromatic nitrogens is 1. The smallest absolute Gasteiger partial charge is 0.257 e. The van der Waals surface area contributed by atoms with E-state index in [2.05, 4.69) is 29.2 Å². The lowest BCUT2D eigenvalue weighted by atomic mass is 10.0.